The lowest BCUT2D eigenvalue weighted by Gasteiger charge is -2.16. The minimum absolute atomic E-state index is 0.218. The van der Waals surface area contributed by atoms with Gasteiger partial charge in [-0.1, -0.05) is 19.1 Å². The van der Waals surface area contributed by atoms with E-state index in [1.165, 1.54) is 5.56 Å². The van der Waals surface area contributed by atoms with E-state index in [1.807, 2.05) is 19.1 Å². The summed E-state index contributed by atoms with van der Waals surface area (Å²) in [6, 6.07) is 8.31. The molecule has 1 heterocycles. The number of nitrogens with zero attached hydrogens (tertiary/aromatic N) is 4. The second-order valence-electron chi connectivity index (χ2n) is 4.88. The molecule has 0 fully saturated rings. The molecule has 2 atom stereocenters. The van der Waals surface area contributed by atoms with Gasteiger partial charge in [-0.2, -0.15) is 0 Å². The summed E-state index contributed by atoms with van der Waals surface area (Å²) in [7, 11) is 0. The average Bonchev–Trinajstić information content (AvgIpc) is 3.01. The van der Waals surface area contributed by atoms with E-state index in [0.29, 0.717) is 0 Å². The van der Waals surface area contributed by atoms with E-state index in [9.17, 15) is 5.11 Å². The Morgan fingerprint density at radius 2 is 2.25 bits per heavy atom. The highest BCUT2D eigenvalue weighted by Gasteiger charge is 2.08. The molecule has 0 bridgehead atoms. The molecule has 0 spiro atoms. The van der Waals surface area contributed by atoms with E-state index in [1.54, 1.807) is 11.0 Å². The Kier molecular flexibility index (Phi) is 5.20. The first-order valence-electron chi connectivity index (χ1n) is 6.95. The number of aliphatic hydroxyl groups excluding tert-OH is 1. The first-order valence-corrected chi connectivity index (χ1v) is 6.95. The highest BCUT2D eigenvalue weighted by atomic mass is 16.3. The summed E-state index contributed by atoms with van der Waals surface area (Å²) in [5.41, 5.74) is 2.11. The first kappa shape index (κ1) is 14.6. The van der Waals surface area contributed by atoms with Crippen LogP contribution in [0.25, 0.3) is 5.69 Å². The molecular formula is C14H21N5O. The van der Waals surface area contributed by atoms with E-state index in [0.717, 1.165) is 25.1 Å². The fraction of sp³-hybridized carbons (Fsp3) is 0.500. The van der Waals surface area contributed by atoms with Crippen molar-refractivity contribution in [3.63, 3.8) is 0 Å². The van der Waals surface area contributed by atoms with Gasteiger partial charge in [0.15, 0.2) is 0 Å². The molecular weight excluding hydrogens is 254 g/mol. The summed E-state index contributed by atoms with van der Waals surface area (Å²) in [5.74, 6) is 0. The maximum absolute atomic E-state index is 9.55. The number of hydrogen-bond donors (Lipinski definition) is 2. The monoisotopic (exact) mass is 275 g/mol. The van der Waals surface area contributed by atoms with Gasteiger partial charge in [0.1, 0.15) is 6.33 Å². The molecule has 0 aliphatic carbocycles. The van der Waals surface area contributed by atoms with E-state index in [-0.39, 0.29) is 12.1 Å². The zero-order valence-electron chi connectivity index (χ0n) is 11.9. The van der Waals surface area contributed by atoms with Crippen LogP contribution in [0.3, 0.4) is 0 Å². The zero-order chi connectivity index (χ0) is 14.4. The zero-order valence-corrected chi connectivity index (χ0v) is 11.9. The maximum atomic E-state index is 9.55. The van der Waals surface area contributed by atoms with Crippen LogP contribution in [0.5, 0.6) is 0 Å². The molecule has 1 aromatic carbocycles. The standard InChI is InChI=1S/C14H21N5O/c1-3-14(20)7-8-15-11(2)12-5-4-6-13(9-12)19-10-16-17-18-19/h4-6,9-11,14-15,20H,3,7-8H2,1-2H3. The predicted octanol–water partition coefficient (Wildman–Crippen LogP) is 1.47. The SMILES string of the molecule is CCC(O)CCNC(C)c1cccc(-n2cnnn2)c1. The maximum Gasteiger partial charge on any atom is 0.143 e. The molecule has 1 aromatic heterocycles. The average molecular weight is 275 g/mol. The van der Waals surface area contributed by atoms with Crippen LogP contribution < -0.4 is 5.32 Å². The number of aromatic nitrogens is 4. The lowest BCUT2D eigenvalue weighted by Crippen LogP contribution is -2.23. The number of benzene rings is 1. The summed E-state index contributed by atoms with van der Waals surface area (Å²) in [5, 5.41) is 24.1. The Morgan fingerprint density at radius 3 is 2.95 bits per heavy atom. The molecule has 2 N–H and O–H groups in total. The number of rotatable bonds is 7. The van der Waals surface area contributed by atoms with Crippen molar-refractivity contribution in [2.45, 2.75) is 38.8 Å². The molecule has 2 unspecified atom stereocenters. The van der Waals surface area contributed by atoms with Crippen molar-refractivity contribution in [1.82, 2.24) is 25.5 Å². The van der Waals surface area contributed by atoms with Crippen molar-refractivity contribution in [2.24, 2.45) is 0 Å². The van der Waals surface area contributed by atoms with Crippen molar-refractivity contribution < 1.29 is 5.11 Å². The number of hydrogen-bond acceptors (Lipinski definition) is 5. The summed E-state index contributed by atoms with van der Waals surface area (Å²) in [6.07, 6.45) is 2.93. The van der Waals surface area contributed by atoms with Gasteiger partial charge >= 0.3 is 0 Å². The fourth-order valence-corrected chi connectivity index (χ4v) is 2.00. The second-order valence-corrected chi connectivity index (χ2v) is 4.88. The Balaban J connectivity index is 1.96. The number of aliphatic hydroxyl groups is 1. The van der Waals surface area contributed by atoms with Crippen LogP contribution in [0.2, 0.25) is 0 Å². The van der Waals surface area contributed by atoms with Crippen LogP contribution in [0.15, 0.2) is 30.6 Å². The van der Waals surface area contributed by atoms with Crippen LogP contribution in [0, 0.1) is 0 Å². The van der Waals surface area contributed by atoms with Gasteiger partial charge in [-0.05, 0) is 54.4 Å². The lowest BCUT2D eigenvalue weighted by molar-refractivity contribution is 0.159. The van der Waals surface area contributed by atoms with Crippen LogP contribution >= 0.6 is 0 Å². The molecule has 0 saturated heterocycles. The molecule has 0 aliphatic heterocycles. The highest BCUT2D eigenvalue weighted by Crippen LogP contribution is 2.16. The van der Waals surface area contributed by atoms with Gasteiger partial charge in [0.25, 0.3) is 0 Å². The van der Waals surface area contributed by atoms with Gasteiger partial charge in [0.05, 0.1) is 11.8 Å². The molecule has 0 amide bonds. The second kappa shape index (κ2) is 7.12. The van der Waals surface area contributed by atoms with Gasteiger partial charge in [0.2, 0.25) is 0 Å². The molecule has 0 saturated carbocycles. The van der Waals surface area contributed by atoms with Crippen molar-refractivity contribution in [3.8, 4) is 5.69 Å². The smallest absolute Gasteiger partial charge is 0.143 e. The molecule has 108 valence electrons. The quantitative estimate of drug-likeness (QED) is 0.800. The molecule has 2 aromatic rings. The molecule has 20 heavy (non-hydrogen) atoms. The highest BCUT2D eigenvalue weighted by molar-refractivity contribution is 5.35. The van der Waals surface area contributed by atoms with Crippen molar-refractivity contribution in [1.29, 1.82) is 0 Å². The minimum atomic E-state index is -0.220. The normalized spacial score (nSPS) is 14.2. The topological polar surface area (TPSA) is 75.9 Å². The third-order valence-corrected chi connectivity index (χ3v) is 3.38. The number of nitrogens with one attached hydrogen (secondary N) is 1. The van der Waals surface area contributed by atoms with Gasteiger partial charge < -0.3 is 10.4 Å². The third-order valence-electron chi connectivity index (χ3n) is 3.38. The first-order chi connectivity index (χ1) is 9.70. The van der Waals surface area contributed by atoms with Crippen LogP contribution in [0.4, 0.5) is 0 Å². The lowest BCUT2D eigenvalue weighted by atomic mass is 10.1. The summed E-state index contributed by atoms with van der Waals surface area (Å²) < 4.78 is 1.64. The van der Waals surface area contributed by atoms with Gasteiger partial charge in [0, 0.05) is 6.04 Å². The Bertz CT molecular complexity index is 514. The van der Waals surface area contributed by atoms with Crippen LogP contribution in [-0.2, 0) is 0 Å². The Morgan fingerprint density at radius 1 is 1.40 bits per heavy atom. The Hall–Kier alpha value is -1.79. The molecule has 2 rings (SSSR count). The Labute approximate surface area is 118 Å². The van der Waals surface area contributed by atoms with Crippen LogP contribution in [0.1, 0.15) is 38.3 Å². The molecule has 0 aliphatic rings. The van der Waals surface area contributed by atoms with E-state index in [2.05, 4.69) is 39.9 Å². The molecule has 0 radical (unpaired) electrons. The predicted molar refractivity (Wildman–Crippen MR) is 76.5 cm³/mol. The molecule has 6 heteroatoms. The van der Waals surface area contributed by atoms with Gasteiger partial charge in [-0.15, -0.1) is 5.10 Å². The van der Waals surface area contributed by atoms with Crippen molar-refractivity contribution in [2.75, 3.05) is 6.54 Å². The fourth-order valence-electron chi connectivity index (χ4n) is 2.00. The van der Waals surface area contributed by atoms with E-state index >= 15 is 0 Å². The van der Waals surface area contributed by atoms with E-state index < -0.39 is 0 Å². The largest absolute Gasteiger partial charge is 0.393 e. The summed E-state index contributed by atoms with van der Waals surface area (Å²) in [6.45, 7) is 4.89. The number of tetrazole rings is 1. The summed E-state index contributed by atoms with van der Waals surface area (Å²) >= 11 is 0. The third kappa shape index (κ3) is 3.85. The van der Waals surface area contributed by atoms with Gasteiger partial charge in [-0.25, -0.2) is 4.68 Å². The van der Waals surface area contributed by atoms with Crippen molar-refractivity contribution in [3.05, 3.63) is 36.2 Å². The van der Waals surface area contributed by atoms with Gasteiger partial charge in [-0.3, -0.25) is 0 Å². The van der Waals surface area contributed by atoms with E-state index in [4.69, 9.17) is 0 Å². The molecule has 6 nitrogen and oxygen atoms in total. The summed E-state index contributed by atoms with van der Waals surface area (Å²) in [4.78, 5) is 0. The minimum Gasteiger partial charge on any atom is -0.393 e. The van der Waals surface area contributed by atoms with Crippen LogP contribution in [-0.4, -0.2) is 38.0 Å². The van der Waals surface area contributed by atoms with Crippen molar-refractivity contribution >= 4 is 0 Å².